The molecule has 0 fully saturated rings. The summed E-state index contributed by atoms with van der Waals surface area (Å²) in [5, 5.41) is 0. The smallest absolute Gasteiger partial charge is 0.201 e. The molecule has 0 amide bonds. The standard InChI is InChI=1S/4C17H22N.C16H20N/c1-11-7-14(4)16(8-12(11)2)17-9-13(3)15(5)10-18(17)6;1-11-7-13(3)17(14(4)8-11)16-9-12(2)15(5)10-18(16)6;2*1-11-7-8-16(15(5)14(11)4)17-9-12(2)13(3)10-18(17)6;1-11-6-7-15(13(3)8-11)16-9-12(2)14(4)10-17(16)5/h4*7-10H,1-6H3;6-10H,1-5H3/q5*+1/i;1D3,5D3;1D3,3D3;;. The molecule has 5 heterocycles. The predicted molar refractivity (Wildman–Crippen MR) is 379 cm³/mol. The van der Waals surface area contributed by atoms with Crippen LogP contribution in [0.3, 0.4) is 0 Å². The van der Waals surface area contributed by atoms with E-state index in [0.717, 1.165) is 44.8 Å². The van der Waals surface area contributed by atoms with Crippen molar-refractivity contribution < 1.29 is 39.3 Å². The van der Waals surface area contributed by atoms with Gasteiger partial charge in [0.2, 0.25) is 28.5 Å². The fourth-order valence-electron chi connectivity index (χ4n) is 11.5. The van der Waals surface area contributed by atoms with Gasteiger partial charge >= 0.3 is 0 Å². The van der Waals surface area contributed by atoms with Gasteiger partial charge in [-0.25, -0.2) is 22.8 Å². The molecule has 5 aromatic carbocycles. The normalized spacial score (nSPS) is 13.3. The van der Waals surface area contributed by atoms with E-state index >= 15 is 0 Å². The van der Waals surface area contributed by atoms with Gasteiger partial charge in [-0.05, 0) is 285 Å². The maximum atomic E-state index is 7.62. The van der Waals surface area contributed by atoms with Gasteiger partial charge in [0.15, 0.2) is 31.0 Å². The Morgan fingerprint density at radius 2 is 0.528 bits per heavy atom. The van der Waals surface area contributed by atoms with Crippen molar-refractivity contribution in [2.45, 2.75) is 166 Å². The van der Waals surface area contributed by atoms with Gasteiger partial charge < -0.3 is 0 Å². The molecule has 0 atom stereocenters. The van der Waals surface area contributed by atoms with Crippen molar-refractivity contribution in [2.75, 3.05) is 0 Å². The molecule has 5 nitrogen and oxygen atoms in total. The van der Waals surface area contributed by atoms with Crippen LogP contribution in [0.15, 0.2) is 128 Å². The first-order valence-electron chi connectivity index (χ1n) is 36.8. The first-order valence-corrected chi connectivity index (χ1v) is 30.8. The van der Waals surface area contributed by atoms with Gasteiger partial charge in [0.05, 0.1) is 5.56 Å². The minimum atomic E-state index is -2.16. The first-order chi connectivity index (χ1) is 46.5. The molecular formula is C84H108N5+5. The molecule has 0 saturated carbocycles. The van der Waals surface area contributed by atoms with E-state index in [2.05, 4.69) is 211 Å². The van der Waals surface area contributed by atoms with Crippen LogP contribution < -0.4 is 22.8 Å². The summed E-state index contributed by atoms with van der Waals surface area (Å²) in [5.41, 5.74) is 36.4. The quantitative estimate of drug-likeness (QED) is 0.153. The van der Waals surface area contributed by atoms with Crippen molar-refractivity contribution in [1.82, 2.24) is 0 Å². The second-order valence-corrected chi connectivity index (χ2v) is 25.3. The molecule has 10 aromatic rings. The van der Waals surface area contributed by atoms with E-state index < -0.39 is 27.4 Å². The third-order valence-corrected chi connectivity index (χ3v) is 18.1. The van der Waals surface area contributed by atoms with Crippen LogP contribution in [0.2, 0.25) is 0 Å². The van der Waals surface area contributed by atoms with Crippen molar-refractivity contribution in [3.05, 3.63) is 262 Å². The summed E-state index contributed by atoms with van der Waals surface area (Å²) in [6, 6.07) is 33.0. The summed E-state index contributed by atoms with van der Waals surface area (Å²) in [6.07, 6.45) is 9.88. The highest BCUT2D eigenvalue weighted by Gasteiger charge is 2.21. The zero-order valence-corrected chi connectivity index (χ0v) is 58.4. The van der Waals surface area contributed by atoms with Gasteiger partial charge in [0.25, 0.3) is 0 Å². The SMILES string of the molecule is Cc1cc(-c2ccc(C)c(C)c2C)[n+](C)cc1C.Cc1cc(C)c(-c2cc(C)c(C)c[n+]2C)cc1C.Cc1ccc(-c2cc(C)c(C)c[n+]2C)c(C)c1.[2H]C([2H])([2H])c1c[n+](C)c(-c2ccc(C([2H])([2H])[2H])c(C)c2C)cc1C.[2H]C([2H])([2H])c1cc(C)c(-c2cc(C)c(C([2H])([2H])[2H])c[n+]2C)c(C)c1. The Balaban J connectivity index is 0.000000200. The molecule has 0 aliphatic rings. The third-order valence-electron chi connectivity index (χ3n) is 18.1. The molecule has 0 N–H and O–H groups in total. The van der Waals surface area contributed by atoms with Gasteiger partial charge in [0.1, 0.15) is 35.2 Å². The van der Waals surface area contributed by atoms with Crippen LogP contribution in [0.25, 0.3) is 56.3 Å². The van der Waals surface area contributed by atoms with Crippen LogP contribution in [0.4, 0.5) is 0 Å². The summed E-state index contributed by atoms with van der Waals surface area (Å²) in [6.45, 7) is 32.9. The van der Waals surface area contributed by atoms with Gasteiger partial charge in [0, 0.05) is 96.9 Å². The maximum absolute atomic E-state index is 7.62. The van der Waals surface area contributed by atoms with Crippen LogP contribution in [0.1, 0.15) is 150 Å². The number of benzene rings is 5. The van der Waals surface area contributed by atoms with Crippen LogP contribution in [0, 0.1) is 166 Å². The van der Waals surface area contributed by atoms with E-state index in [9.17, 15) is 0 Å². The highest BCUT2D eigenvalue weighted by Crippen LogP contribution is 2.31. The molecule has 10 rings (SSSR count). The zero-order chi connectivity index (χ0) is 76.4. The lowest BCUT2D eigenvalue weighted by molar-refractivity contribution is -0.660. The van der Waals surface area contributed by atoms with Crippen molar-refractivity contribution in [3.8, 4) is 56.3 Å². The monoisotopic (exact) mass is 1200 g/mol. The zero-order valence-electron chi connectivity index (χ0n) is 70.4. The molecule has 89 heavy (non-hydrogen) atoms. The van der Waals surface area contributed by atoms with E-state index in [1.165, 1.54) is 112 Å². The van der Waals surface area contributed by atoms with E-state index in [-0.39, 0.29) is 0 Å². The number of rotatable bonds is 5. The molecule has 464 valence electrons. The minimum absolute atomic E-state index is 0.319. The largest absolute Gasteiger partial charge is 0.213 e. The molecule has 0 saturated heterocycles. The molecule has 0 radical (unpaired) electrons. The summed E-state index contributed by atoms with van der Waals surface area (Å²) >= 11 is 0. The molecule has 0 unspecified atom stereocenters. The summed E-state index contributed by atoms with van der Waals surface area (Å²) < 4.78 is 102. The fourth-order valence-corrected chi connectivity index (χ4v) is 11.5. The molecule has 5 aromatic heterocycles. The van der Waals surface area contributed by atoms with E-state index in [4.69, 9.17) is 16.4 Å². The number of hydrogen-bond donors (Lipinski definition) is 0. The van der Waals surface area contributed by atoms with E-state index in [1.807, 2.05) is 39.8 Å². The van der Waals surface area contributed by atoms with Crippen LogP contribution in [-0.4, -0.2) is 0 Å². The Labute approximate surface area is 556 Å². The van der Waals surface area contributed by atoms with Crippen molar-refractivity contribution in [1.29, 1.82) is 0 Å². The first kappa shape index (κ1) is 53.8. The van der Waals surface area contributed by atoms with Crippen molar-refractivity contribution >= 4 is 0 Å². The van der Waals surface area contributed by atoms with Gasteiger partial charge in [-0.15, -0.1) is 0 Å². The Hall–Kier alpha value is -8.15. The number of aryl methyl sites for hydroxylation is 25. The Morgan fingerprint density at radius 1 is 0.213 bits per heavy atom. The van der Waals surface area contributed by atoms with E-state index in [0.29, 0.717) is 33.4 Å². The average molecular weight is 1200 g/mol. The van der Waals surface area contributed by atoms with Crippen LogP contribution >= 0.6 is 0 Å². The number of hydrogen-bond acceptors (Lipinski definition) is 0. The Kier molecular flexibility index (Phi) is 17.8. The van der Waals surface area contributed by atoms with Crippen LogP contribution in [-0.2, 0) is 35.2 Å². The number of nitrogens with zero attached hydrogens (tertiary/aromatic N) is 5. The molecule has 0 spiro atoms. The lowest BCUT2D eigenvalue weighted by Crippen LogP contribution is -2.31. The summed E-state index contributed by atoms with van der Waals surface area (Å²) in [5.74, 6) is 0. The highest BCUT2D eigenvalue weighted by atomic mass is 14.9. The second-order valence-electron chi connectivity index (χ2n) is 25.3. The topological polar surface area (TPSA) is 19.4 Å². The molecule has 5 heteroatoms. The van der Waals surface area contributed by atoms with Crippen LogP contribution in [0.5, 0.6) is 0 Å². The number of aromatic nitrogens is 5. The van der Waals surface area contributed by atoms with E-state index in [1.54, 1.807) is 73.7 Å². The predicted octanol–water partition coefficient (Wildman–Crippen LogP) is 18.3. The minimum Gasteiger partial charge on any atom is -0.201 e. The maximum Gasteiger partial charge on any atom is 0.213 e. The lowest BCUT2D eigenvalue weighted by Gasteiger charge is -2.11. The van der Waals surface area contributed by atoms with Crippen molar-refractivity contribution in [3.63, 3.8) is 0 Å². The third kappa shape index (κ3) is 16.6. The highest BCUT2D eigenvalue weighted by molar-refractivity contribution is 5.69. The molecule has 0 aliphatic heterocycles. The number of pyridine rings is 5. The Bertz CT molecular complexity index is 4590. The Morgan fingerprint density at radius 3 is 0.955 bits per heavy atom. The average Bonchev–Trinajstić information content (AvgIpc) is 0.752. The lowest BCUT2D eigenvalue weighted by atomic mass is 9.95. The van der Waals surface area contributed by atoms with Gasteiger partial charge in [-0.3, -0.25) is 0 Å². The van der Waals surface area contributed by atoms with Crippen molar-refractivity contribution in [2.24, 2.45) is 35.2 Å². The van der Waals surface area contributed by atoms with Gasteiger partial charge in [-0.1, -0.05) is 53.6 Å². The second kappa shape index (κ2) is 29.4. The van der Waals surface area contributed by atoms with Gasteiger partial charge in [-0.2, -0.15) is 0 Å². The molecular weight excluding hydrogens is 1080 g/mol. The molecule has 0 aliphatic carbocycles. The summed E-state index contributed by atoms with van der Waals surface area (Å²) in [4.78, 5) is 0. The molecule has 0 bridgehead atoms. The fraction of sp³-hybridized carbons (Fsp3) is 0.345. The summed E-state index contributed by atoms with van der Waals surface area (Å²) in [7, 11) is 9.96.